The van der Waals surface area contributed by atoms with Crippen LogP contribution in [0.1, 0.15) is 85.6 Å². The monoisotopic (exact) mass is 898 g/mol. The second-order valence-electron chi connectivity index (χ2n) is 20.6. The highest BCUT2D eigenvalue weighted by Gasteiger charge is 2.53. The zero-order valence-electron chi connectivity index (χ0n) is 38.5. The van der Waals surface area contributed by atoms with Gasteiger partial charge in [0, 0.05) is 37.3 Å². The van der Waals surface area contributed by atoms with Crippen molar-refractivity contribution in [3.05, 3.63) is 41.5 Å². The number of halogens is 2. The number of benzene rings is 2. The van der Waals surface area contributed by atoms with E-state index in [1.165, 1.54) is 13.2 Å². The SMILES string of the molecule is C#Cc1c(F)ccc2cc(OCOC)cc(-c3nc4c5c(nc(OC[C@@]67CCCN6[C@H](CO[Si](C)(C)C(C)(C)C)CC7)nc5c3F)N3C[C@H]5CC[C@@H]([C@H]3CO4)N5C(=O)OC(C)(C)C)c12. The van der Waals surface area contributed by atoms with Gasteiger partial charge >= 0.3 is 12.1 Å². The van der Waals surface area contributed by atoms with Gasteiger partial charge in [-0.1, -0.05) is 32.8 Å². The summed E-state index contributed by atoms with van der Waals surface area (Å²) < 4.78 is 70.3. The number of carbonyl (C=O) groups excluding carboxylic acids is 1. The highest BCUT2D eigenvalue weighted by Crippen LogP contribution is 2.48. The Morgan fingerprint density at radius 1 is 1.02 bits per heavy atom. The highest BCUT2D eigenvalue weighted by molar-refractivity contribution is 6.74. The van der Waals surface area contributed by atoms with Crippen LogP contribution in [0.25, 0.3) is 32.9 Å². The molecule has 0 aliphatic carbocycles. The molecular weight excluding hydrogens is 839 g/mol. The van der Waals surface area contributed by atoms with Crippen molar-refractivity contribution in [1.29, 1.82) is 0 Å². The molecule has 0 spiro atoms. The Kier molecular flexibility index (Phi) is 11.3. The minimum atomic E-state index is -1.96. The van der Waals surface area contributed by atoms with Crippen LogP contribution in [0, 0.1) is 24.0 Å². The maximum absolute atomic E-state index is 17.8. The number of terminal acetylenes is 1. The van der Waals surface area contributed by atoms with Gasteiger partial charge in [-0.3, -0.25) is 9.80 Å². The Labute approximate surface area is 375 Å². The minimum absolute atomic E-state index is 0.0201. The first-order chi connectivity index (χ1) is 30.3. The summed E-state index contributed by atoms with van der Waals surface area (Å²) in [4.78, 5) is 35.0. The largest absolute Gasteiger partial charge is 0.475 e. The van der Waals surface area contributed by atoms with E-state index in [1.807, 2.05) is 25.7 Å². The molecule has 342 valence electrons. The van der Waals surface area contributed by atoms with Crippen LogP contribution < -0.4 is 19.1 Å². The van der Waals surface area contributed by atoms with Crippen molar-refractivity contribution >= 4 is 41.9 Å². The fraction of sp³-hybridized carbons (Fsp3) is 0.583. The minimum Gasteiger partial charge on any atom is -0.475 e. The molecule has 9 rings (SSSR count). The lowest BCUT2D eigenvalue weighted by molar-refractivity contribution is 0.00537. The third kappa shape index (κ3) is 7.69. The second kappa shape index (κ2) is 16.3. The number of fused-ring (bicyclic) bond motifs is 7. The van der Waals surface area contributed by atoms with Gasteiger partial charge in [0.05, 0.1) is 29.2 Å². The summed E-state index contributed by atoms with van der Waals surface area (Å²) in [6.07, 6.45) is 10.9. The molecule has 16 heteroatoms. The van der Waals surface area contributed by atoms with Crippen molar-refractivity contribution in [2.75, 3.05) is 51.7 Å². The maximum atomic E-state index is 17.8. The first-order valence-corrected chi connectivity index (χ1v) is 25.4. The molecule has 2 bridgehead atoms. The zero-order valence-corrected chi connectivity index (χ0v) is 39.5. The molecule has 2 aromatic carbocycles. The van der Waals surface area contributed by atoms with E-state index in [4.69, 9.17) is 49.5 Å². The Morgan fingerprint density at radius 2 is 1.81 bits per heavy atom. The van der Waals surface area contributed by atoms with Gasteiger partial charge in [-0.15, -0.1) is 6.42 Å². The highest BCUT2D eigenvalue weighted by atomic mass is 28.4. The number of amides is 1. The van der Waals surface area contributed by atoms with Gasteiger partial charge in [0.25, 0.3) is 0 Å². The van der Waals surface area contributed by atoms with Gasteiger partial charge < -0.3 is 33.0 Å². The van der Waals surface area contributed by atoms with E-state index in [2.05, 4.69) is 49.6 Å². The summed E-state index contributed by atoms with van der Waals surface area (Å²) in [5.41, 5.74) is -1.02. The Balaban J connectivity index is 1.15. The molecular formula is C48H60F2N6O7Si. The normalized spacial score (nSPS) is 24.3. The number of hydrogen-bond acceptors (Lipinski definition) is 12. The molecule has 7 heterocycles. The van der Waals surface area contributed by atoms with E-state index in [9.17, 15) is 4.79 Å². The number of piperazine rings is 1. The summed E-state index contributed by atoms with van der Waals surface area (Å²) in [5, 5.41) is 1.18. The van der Waals surface area contributed by atoms with Crippen LogP contribution in [0.4, 0.5) is 19.4 Å². The maximum Gasteiger partial charge on any atom is 0.410 e. The molecule has 5 atom stereocenters. The summed E-state index contributed by atoms with van der Waals surface area (Å²) in [5.74, 6) is 1.89. The van der Waals surface area contributed by atoms with E-state index in [-0.39, 0.29) is 99.2 Å². The van der Waals surface area contributed by atoms with Crippen molar-refractivity contribution in [2.24, 2.45) is 0 Å². The fourth-order valence-electron chi connectivity index (χ4n) is 10.4. The van der Waals surface area contributed by atoms with Crippen molar-refractivity contribution in [3.63, 3.8) is 0 Å². The molecule has 1 amide bonds. The zero-order chi connectivity index (χ0) is 45.5. The quantitative estimate of drug-likeness (QED) is 0.0860. The lowest BCUT2D eigenvalue weighted by atomic mass is 9.95. The predicted octanol–water partition coefficient (Wildman–Crippen LogP) is 8.83. The predicted molar refractivity (Wildman–Crippen MR) is 242 cm³/mol. The molecule has 2 aromatic heterocycles. The molecule has 0 unspecified atom stereocenters. The van der Waals surface area contributed by atoms with E-state index < -0.39 is 25.6 Å². The average molecular weight is 899 g/mol. The molecule has 0 N–H and O–H groups in total. The molecule has 5 aliphatic rings. The number of carbonyl (C=O) groups is 1. The van der Waals surface area contributed by atoms with Gasteiger partial charge in [0.15, 0.2) is 20.9 Å². The van der Waals surface area contributed by atoms with Crippen molar-refractivity contribution in [2.45, 2.75) is 134 Å². The molecule has 5 aliphatic heterocycles. The first kappa shape index (κ1) is 44.4. The van der Waals surface area contributed by atoms with Crippen LogP contribution in [0.2, 0.25) is 18.1 Å². The summed E-state index contributed by atoms with van der Waals surface area (Å²) in [6.45, 7) is 19.3. The summed E-state index contributed by atoms with van der Waals surface area (Å²) in [7, 11) is -0.472. The molecule has 64 heavy (non-hydrogen) atoms. The standard InChI is InChI=1S/C48H60F2N6O7Si/c1-11-32-34(49)15-13-28-21-31(61-27-58-8)22-33(37(28)32)40-39(50)41-38-42(54-23-29-14-16-35(36(54)25-59-43(38)51-40)56(29)45(57)63-46(2,3)4)53-44(52-41)60-26-48-18-12-20-55(48)30(17-19-48)24-62-64(9,10)47(5,6)7/h1,13,15,21-22,29-30,35-36H,12,14,16-20,23-27H2,2-10H3/t29-,30+,35+,36-,48+/m1/s1. The third-order valence-corrected chi connectivity index (χ3v) is 19.0. The number of hydrogen-bond donors (Lipinski definition) is 0. The topological polar surface area (TPSA) is 121 Å². The van der Waals surface area contributed by atoms with Crippen LogP contribution >= 0.6 is 0 Å². The van der Waals surface area contributed by atoms with Gasteiger partial charge in [-0.25, -0.2) is 18.6 Å². The number of anilines is 1. The van der Waals surface area contributed by atoms with Crippen molar-refractivity contribution in [1.82, 2.24) is 24.8 Å². The molecule has 4 aromatic rings. The van der Waals surface area contributed by atoms with Crippen LogP contribution in [-0.2, 0) is 13.9 Å². The second-order valence-corrected chi connectivity index (χ2v) is 25.4. The summed E-state index contributed by atoms with van der Waals surface area (Å²) >= 11 is 0. The van der Waals surface area contributed by atoms with E-state index in [0.717, 1.165) is 45.1 Å². The fourth-order valence-corrected chi connectivity index (χ4v) is 11.4. The molecule has 4 fully saturated rings. The third-order valence-electron chi connectivity index (χ3n) is 14.5. The van der Waals surface area contributed by atoms with E-state index >= 15 is 8.78 Å². The van der Waals surface area contributed by atoms with Crippen LogP contribution in [0.3, 0.4) is 0 Å². The summed E-state index contributed by atoms with van der Waals surface area (Å²) in [6, 6.07) is 5.54. The van der Waals surface area contributed by atoms with E-state index in [0.29, 0.717) is 36.7 Å². The Hall–Kier alpha value is -4.82. The Morgan fingerprint density at radius 3 is 2.55 bits per heavy atom. The Bertz CT molecular complexity index is 2540. The molecule has 13 nitrogen and oxygen atoms in total. The number of rotatable bonds is 10. The molecule has 0 radical (unpaired) electrons. The van der Waals surface area contributed by atoms with E-state index in [1.54, 1.807) is 18.2 Å². The number of ether oxygens (including phenoxy) is 5. The van der Waals surface area contributed by atoms with Crippen LogP contribution in [0.15, 0.2) is 24.3 Å². The van der Waals surface area contributed by atoms with Gasteiger partial charge in [-0.2, -0.15) is 9.97 Å². The van der Waals surface area contributed by atoms with Crippen LogP contribution in [-0.4, -0.2) is 121 Å². The number of nitrogens with zero attached hydrogens (tertiary/aromatic N) is 6. The number of pyridine rings is 1. The number of aromatic nitrogens is 3. The van der Waals surface area contributed by atoms with Crippen LogP contribution in [0.5, 0.6) is 17.6 Å². The molecule has 4 saturated heterocycles. The average Bonchev–Trinajstić information content (AvgIpc) is 3.88. The van der Waals surface area contributed by atoms with Crippen molar-refractivity contribution in [3.8, 4) is 41.2 Å². The molecule has 0 saturated carbocycles. The first-order valence-electron chi connectivity index (χ1n) is 22.5. The van der Waals surface area contributed by atoms with Gasteiger partial charge in [0.2, 0.25) is 5.88 Å². The van der Waals surface area contributed by atoms with Gasteiger partial charge in [-0.05, 0) is 108 Å². The number of methoxy groups -OCH3 is 1. The van der Waals surface area contributed by atoms with Crippen molar-refractivity contribution < 1.29 is 41.7 Å². The lowest BCUT2D eigenvalue weighted by Crippen LogP contribution is -2.63. The lowest BCUT2D eigenvalue weighted by Gasteiger charge is -2.46. The smallest absolute Gasteiger partial charge is 0.410 e. The van der Waals surface area contributed by atoms with Gasteiger partial charge in [0.1, 0.15) is 52.8 Å².